The Morgan fingerprint density at radius 3 is 0.333 bits per heavy atom. The molecule has 0 saturated carbocycles. The molecule has 0 heteroatoms. The highest BCUT2D eigenvalue weighted by Crippen LogP contribution is 1.15. The first-order valence-corrected chi connectivity index (χ1v) is 3.00. The van der Waals surface area contributed by atoms with Crippen molar-refractivity contribution in [3.05, 3.63) is 0 Å². The molecule has 6 heavy (non-hydrogen) atoms. The van der Waals surface area contributed by atoms with Crippen LogP contribution in [0.15, 0.2) is 0 Å². The molecule has 0 rings (SSSR count). The van der Waals surface area contributed by atoms with Crippen molar-refractivity contribution in [2.75, 3.05) is 0 Å². The molecule has 0 radical (unpaired) electrons. The maximum Gasteiger partial charge on any atom is -0.0683 e. The van der Waals surface area contributed by atoms with Crippen LogP contribution in [0, 0.1) is 0 Å². The van der Waals surface area contributed by atoms with Gasteiger partial charge in [0, 0.05) is 0 Å². The molecular weight excluding hydrogens is 72.1 g/mol. The van der Waals surface area contributed by atoms with Gasteiger partial charge in [0.2, 0.25) is 0 Å². The Kier molecular flexibility index (Phi) is 0. The zero-order valence-electron chi connectivity index (χ0n) is 6.00. The van der Waals surface area contributed by atoms with Crippen LogP contribution in [-0.4, -0.2) is 0 Å². The first-order valence-electron chi connectivity index (χ1n) is 3.00. The van der Waals surface area contributed by atoms with Crippen LogP contribution in [0.3, 0.4) is 0 Å². The zero-order chi connectivity index (χ0) is 6.00. The van der Waals surface area contributed by atoms with E-state index in [-0.39, 0.29) is 0 Å². The van der Waals surface area contributed by atoms with Gasteiger partial charge in [-0.05, 0) is 0 Å². The molecule has 0 unspecified atom stereocenters. The Morgan fingerprint density at radius 1 is 0.333 bits per heavy atom. The van der Waals surface area contributed by atoms with E-state index in [4.69, 9.17) is 0 Å². The Bertz CT molecular complexity index is 0. The van der Waals surface area contributed by atoms with Crippen LogP contribution >= 0.6 is 0 Å². The van der Waals surface area contributed by atoms with E-state index in [2.05, 4.69) is 0 Å². The van der Waals surface area contributed by atoms with Crippen LogP contribution < -0.4 is 0 Å². The van der Waals surface area contributed by atoms with Crippen molar-refractivity contribution < 1.29 is 0 Å². The number of rotatable bonds is 0. The quantitative estimate of drug-likeness (QED) is 0.429. The van der Waals surface area contributed by atoms with Gasteiger partial charge in [0.15, 0.2) is 0 Å². The lowest BCUT2D eigenvalue weighted by molar-refractivity contribution is 1.50. The van der Waals surface area contributed by atoms with E-state index < -0.39 is 0 Å². The summed E-state index contributed by atoms with van der Waals surface area (Å²) in [5.41, 5.74) is 0. The Morgan fingerprint density at radius 2 is 0.333 bits per heavy atom. The average molecular weight is 90.2 g/mol. The average Bonchev–Trinajstić information content (AvgIpc) is 1.81. The third-order valence-electron chi connectivity index (χ3n) is 0. The highest BCUT2D eigenvalue weighted by Gasteiger charge is 0.936. The Balaban J connectivity index is -0.0000000225. The summed E-state index contributed by atoms with van der Waals surface area (Å²) in [6.07, 6.45) is 0. The summed E-state index contributed by atoms with van der Waals surface area (Å²) < 4.78 is 0. The normalized spacial score (nSPS) is 3.00. The summed E-state index contributed by atoms with van der Waals surface area (Å²) in [6, 6.07) is 0. The van der Waals surface area contributed by atoms with Crippen LogP contribution in [0.1, 0.15) is 41.5 Å². The van der Waals surface area contributed by atoms with Gasteiger partial charge < -0.3 is 0 Å². The minimum absolute atomic E-state index is 2.00. The topological polar surface area (TPSA) is 0 Å². The SMILES string of the molecule is CC.CC.CC. The molecule has 0 aliphatic heterocycles. The Labute approximate surface area is 42.6 Å². The summed E-state index contributed by atoms with van der Waals surface area (Å²) in [7, 11) is 0. The molecule has 0 aliphatic rings. The van der Waals surface area contributed by atoms with Gasteiger partial charge in [0.1, 0.15) is 0 Å². The van der Waals surface area contributed by atoms with Crippen LogP contribution in [0.25, 0.3) is 0 Å². The number of hydrogen-bond acceptors (Lipinski definition) is 0. The van der Waals surface area contributed by atoms with E-state index >= 15 is 0 Å². The Hall–Kier alpha value is 0. The summed E-state index contributed by atoms with van der Waals surface area (Å²) in [5, 5.41) is 0. The third-order valence-corrected chi connectivity index (χ3v) is 0. The van der Waals surface area contributed by atoms with Gasteiger partial charge in [-0.3, -0.25) is 0 Å². The molecule has 0 spiro atoms. The fraction of sp³-hybridized carbons (Fsp3) is 1.00. The molecule has 0 fully saturated rings. The summed E-state index contributed by atoms with van der Waals surface area (Å²) in [4.78, 5) is 0. The first kappa shape index (κ1) is 16.7. The predicted molar refractivity (Wildman–Crippen MR) is 34.0 cm³/mol. The molecule has 42 valence electrons. The molecule has 0 aromatic carbocycles. The van der Waals surface area contributed by atoms with Crippen molar-refractivity contribution in [2.45, 2.75) is 41.5 Å². The monoisotopic (exact) mass is 90.1 g/mol. The lowest BCUT2D eigenvalue weighted by atomic mass is 11.0. The second-order valence-corrected chi connectivity index (χ2v) is 0. The van der Waals surface area contributed by atoms with Gasteiger partial charge in [-0.2, -0.15) is 0 Å². The molecule has 0 atom stereocenters. The van der Waals surface area contributed by atoms with Crippen molar-refractivity contribution in [1.29, 1.82) is 0 Å². The molecule has 0 aromatic heterocycles. The van der Waals surface area contributed by atoms with Crippen molar-refractivity contribution in [1.82, 2.24) is 0 Å². The lowest BCUT2D eigenvalue weighted by Crippen LogP contribution is -0.856. The second kappa shape index (κ2) is 0. The van der Waals surface area contributed by atoms with Gasteiger partial charge in [-0.1, -0.05) is 41.5 Å². The van der Waals surface area contributed by atoms with E-state index in [1.165, 1.54) is 0 Å². The molecule has 0 nitrogen and oxygen atoms in total. The van der Waals surface area contributed by atoms with Gasteiger partial charge >= 0.3 is 0 Å². The third kappa shape index (κ3) is 0. The highest BCUT2D eigenvalue weighted by atomic mass is 13.0. The lowest BCUT2D eigenvalue weighted by Gasteiger charge is -1.07. The van der Waals surface area contributed by atoms with Crippen molar-refractivity contribution in [2.24, 2.45) is 0 Å². The van der Waals surface area contributed by atoms with E-state index in [9.17, 15) is 0 Å². The van der Waals surface area contributed by atoms with Gasteiger partial charge in [0.25, 0.3) is 0 Å². The minimum atomic E-state index is 2.00. The summed E-state index contributed by atoms with van der Waals surface area (Å²) in [5.74, 6) is 0. The second-order valence-electron chi connectivity index (χ2n) is 0. The van der Waals surface area contributed by atoms with Crippen molar-refractivity contribution in [3.8, 4) is 0 Å². The van der Waals surface area contributed by atoms with Crippen LogP contribution in [0.2, 0.25) is 0 Å². The smallest absolute Gasteiger partial charge is 0.0683 e. The highest BCUT2D eigenvalue weighted by molar-refractivity contribution is 3.51. The largest absolute Gasteiger partial charge is 0.0683 e. The molecular formula is C6H18. The van der Waals surface area contributed by atoms with Crippen LogP contribution in [0.5, 0.6) is 0 Å². The molecule has 0 bridgehead atoms. The van der Waals surface area contributed by atoms with E-state index in [1.54, 1.807) is 0 Å². The molecule has 0 heterocycles. The standard InChI is InChI=1S/3C2H6/c3*1-2/h3*1-2H3. The summed E-state index contributed by atoms with van der Waals surface area (Å²) in [6.45, 7) is 12.0. The van der Waals surface area contributed by atoms with E-state index in [1.807, 2.05) is 41.5 Å². The molecule has 0 N–H and O–H groups in total. The summed E-state index contributed by atoms with van der Waals surface area (Å²) >= 11 is 0. The zero-order valence-corrected chi connectivity index (χ0v) is 6.00. The van der Waals surface area contributed by atoms with Gasteiger partial charge in [-0.15, -0.1) is 0 Å². The predicted octanol–water partition coefficient (Wildman–Crippen LogP) is 3.08. The fourth-order valence-electron chi connectivity index (χ4n) is 0. The minimum Gasteiger partial charge on any atom is -0.0683 e. The molecule has 0 aliphatic carbocycles. The maximum absolute atomic E-state index is 2.00. The van der Waals surface area contributed by atoms with Crippen molar-refractivity contribution in [3.63, 3.8) is 0 Å². The van der Waals surface area contributed by atoms with Gasteiger partial charge in [0.05, 0.1) is 0 Å². The fourth-order valence-corrected chi connectivity index (χ4v) is 0. The van der Waals surface area contributed by atoms with Crippen molar-refractivity contribution >= 4 is 0 Å². The molecule has 0 amide bonds. The molecule has 0 aromatic rings. The van der Waals surface area contributed by atoms with Gasteiger partial charge in [-0.25, -0.2) is 0 Å². The van der Waals surface area contributed by atoms with Crippen LogP contribution in [0.4, 0.5) is 0 Å². The van der Waals surface area contributed by atoms with E-state index in [0.29, 0.717) is 0 Å². The van der Waals surface area contributed by atoms with Crippen LogP contribution in [-0.2, 0) is 0 Å². The number of hydrogen-bond donors (Lipinski definition) is 0. The van der Waals surface area contributed by atoms with E-state index in [0.717, 1.165) is 0 Å². The molecule has 0 saturated heterocycles. The first-order chi connectivity index (χ1) is 3.00. The maximum atomic E-state index is 2.00.